The molecule has 1 amide bonds. The number of nitrogens with zero attached hydrogens (tertiary/aromatic N) is 2. The SMILES string of the molecule is COc1ccc(C(=O)N2CC[NH+](Cc3ccc(F)cc3Cl)CC2)cc1[N+](=O)[O-]. The van der Waals surface area contributed by atoms with E-state index in [1.807, 2.05) is 0 Å². The van der Waals surface area contributed by atoms with E-state index in [4.69, 9.17) is 16.3 Å². The highest BCUT2D eigenvalue weighted by molar-refractivity contribution is 6.31. The van der Waals surface area contributed by atoms with E-state index in [1.165, 1.54) is 42.3 Å². The largest absolute Gasteiger partial charge is 0.490 e. The molecule has 1 N–H and O–H groups in total. The maximum atomic E-state index is 13.2. The van der Waals surface area contributed by atoms with E-state index >= 15 is 0 Å². The van der Waals surface area contributed by atoms with Crippen LogP contribution in [0.5, 0.6) is 5.75 Å². The second-order valence-electron chi connectivity index (χ2n) is 6.60. The summed E-state index contributed by atoms with van der Waals surface area (Å²) in [6.45, 7) is 3.10. The summed E-state index contributed by atoms with van der Waals surface area (Å²) in [7, 11) is 1.35. The molecule has 0 bridgehead atoms. The highest BCUT2D eigenvalue weighted by Crippen LogP contribution is 2.28. The van der Waals surface area contributed by atoms with E-state index in [0.717, 1.165) is 5.56 Å². The number of ether oxygens (including phenoxy) is 1. The van der Waals surface area contributed by atoms with Crippen LogP contribution in [0.15, 0.2) is 36.4 Å². The van der Waals surface area contributed by atoms with Crippen molar-refractivity contribution in [2.45, 2.75) is 6.54 Å². The Labute approximate surface area is 166 Å². The Morgan fingerprint density at radius 3 is 2.61 bits per heavy atom. The van der Waals surface area contributed by atoms with E-state index in [2.05, 4.69) is 0 Å². The van der Waals surface area contributed by atoms with Gasteiger partial charge in [0.25, 0.3) is 5.91 Å². The lowest BCUT2D eigenvalue weighted by Gasteiger charge is -2.32. The number of nitrogens with one attached hydrogen (secondary N) is 1. The minimum atomic E-state index is -0.565. The van der Waals surface area contributed by atoms with Crippen LogP contribution in [0.25, 0.3) is 0 Å². The molecule has 1 aliphatic rings. The fraction of sp³-hybridized carbons (Fsp3) is 0.316. The van der Waals surface area contributed by atoms with Crippen molar-refractivity contribution in [1.29, 1.82) is 0 Å². The zero-order valence-electron chi connectivity index (χ0n) is 15.3. The van der Waals surface area contributed by atoms with Gasteiger partial charge in [0.2, 0.25) is 0 Å². The second kappa shape index (κ2) is 8.53. The number of hydrogen-bond acceptors (Lipinski definition) is 4. The zero-order valence-corrected chi connectivity index (χ0v) is 16.0. The second-order valence-corrected chi connectivity index (χ2v) is 7.01. The first-order chi connectivity index (χ1) is 13.4. The summed E-state index contributed by atoms with van der Waals surface area (Å²) in [5.41, 5.74) is 0.893. The molecule has 0 unspecified atom stereocenters. The molecule has 0 radical (unpaired) electrons. The molecular formula is C19H20ClFN3O4+. The van der Waals surface area contributed by atoms with Crippen LogP contribution in [-0.4, -0.2) is 49.0 Å². The number of nitro benzene ring substituents is 1. The van der Waals surface area contributed by atoms with Gasteiger partial charge in [-0.2, -0.15) is 0 Å². The van der Waals surface area contributed by atoms with E-state index in [9.17, 15) is 19.3 Å². The van der Waals surface area contributed by atoms with Crippen LogP contribution < -0.4 is 9.64 Å². The van der Waals surface area contributed by atoms with Gasteiger partial charge in [-0.1, -0.05) is 11.6 Å². The van der Waals surface area contributed by atoms with E-state index < -0.39 is 4.92 Å². The van der Waals surface area contributed by atoms with Crippen LogP contribution in [0.1, 0.15) is 15.9 Å². The van der Waals surface area contributed by atoms with Gasteiger partial charge < -0.3 is 14.5 Å². The van der Waals surface area contributed by atoms with E-state index in [1.54, 1.807) is 11.0 Å². The average molecular weight is 409 g/mol. The maximum absolute atomic E-state index is 13.2. The molecule has 28 heavy (non-hydrogen) atoms. The summed E-state index contributed by atoms with van der Waals surface area (Å²) >= 11 is 6.09. The Morgan fingerprint density at radius 1 is 1.29 bits per heavy atom. The highest BCUT2D eigenvalue weighted by Gasteiger charge is 2.27. The van der Waals surface area contributed by atoms with Gasteiger partial charge in [-0.15, -0.1) is 0 Å². The van der Waals surface area contributed by atoms with Crippen LogP contribution in [0.4, 0.5) is 10.1 Å². The van der Waals surface area contributed by atoms with Crippen LogP contribution in [0.2, 0.25) is 5.02 Å². The average Bonchev–Trinajstić information content (AvgIpc) is 2.69. The van der Waals surface area contributed by atoms with Crippen LogP contribution in [0.3, 0.4) is 0 Å². The van der Waals surface area contributed by atoms with Crippen molar-refractivity contribution in [2.75, 3.05) is 33.3 Å². The van der Waals surface area contributed by atoms with E-state index in [-0.39, 0.29) is 28.7 Å². The molecule has 1 aliphatic heterocycles. The lowest BCUT2D eigenvalue weighted by Crippen LogP contribution is -3.13. The molecule has 0 aromatic heterocycles. The van der Waals surface area contributed by atoms with Crippen molar-refractivity contribution in [1.82, 2.24) is 4.90 Å². The molecule has 1 saturated heterocycles. The molecule has 9 heteroatoms. The number of quaternary nitrogens is 1. The molecule has 7 nitrogen and oxygen atoms in total. The van der Waals surface area contributed by atoms with Crippen molar-refractivity contribution in [2.24, 2.45) is 0 Å². The van der Waals surface area contributed by atoms with Gasteiger partial charge in [-0.3, -0.25) is 14.9 Å². The van der Waals surface area contributed by atoms with Crippen molar-refractivity contribution >= 4 is 23.2 Å². The first kappa shape index (κ1) is 20.0. The third-order valence-electron chi connectivity index (χ3n) is 4.84. The number of halogens is 2. The fourth-order valence-corrected chi connectivity index (χ4v) is 3.52. The van der Waals surface area contributed by atoms with Gasteiger partial charge in [0, 0.05) is 17.2 Å². The van der Waals surface area contributed by atoms with Gasteiger partial charge in [0.1, 0.15) is 12.4 Å². The third kappa shape index (κ3) is 4.40. The van der Waals surface area contributed by atoms with Gasteiger partial charge in [0.05, 0.1) is 43.2 Å². The summed E-state index contributed by atoms with van der Waals surface area (Å²) in [6.07, 6.45) is 0. The number of amides is 1. The predicted molar refractivity (Wildman–Crippen MR) is 101 cm³/mol. The summed E-state index contributed by atoms with van der Waals surface area (Å²) in [4.78, 5) is 26.2. The summed E-state index contributed by atoms with van der Waals surface area (Å²) in [5.74, 6) is -0.496. The van der Waals surface area contributed by atoms with Crippen LogP contribution in [-0.2, 0) is 6.54 Å². The molecule has 0 saturated carbocycles. The molecule has 2 aromatic rings. The number of hydrogen-bond donors (Lipinski definition) is 1. The molecule has 0 atom stereocenters. The number of carbonyl (C=O) groups is 1. The Bertz CT molecular complexity index is 901. The maximum Gasteiger partial charge on any atom is 0.311 e. The minimum absolute atomic E-state index is 0.118. The predicted octanol–water partition coefficient (Wildman–Crippen LogP) is 1.94. The number of rotatable bonds is 5. The summed E-state index contributed by atoms with van der Waals surface area (Å²) in [6, 6.07) is 8.58. The molecule has 0 aliphatic carbocycles. The van der Waals surface area contributed by atoms with Crippen LogP contribution >= 0.6 is 11.6 Å². The molecule has 0 spiro atoms. The summed E-state index contributed by atoms with van der Waals surface area (Å²) in [5, 5.41) is 11.6. The van der Waals surface area contributed by atoms with Crippen molar-refractivity contribution in [3.8, 4) is 5.75 Å². The first-order valence-corrected chi connectivity index (χ1v) is 9.16. The van der Waals surface area contributed by atoms with E-state index in [0.29, 0.717) is 37.7 Å². The molecule has 3 rings (SSSR count). The van der Waals surface area contributed by atoms with Gasteiger partial charge >= 0.3 is 5.69 Å². The number of benzene rings is 2. The lowest BCUT2D eigenvalue weighted by atomic mass is 10.1. The number of piperazine rings is 1. The monoisotopic (exact) mass is 408 g/mol. The highest BCUT2D eigenvalue weighted by atomic mass is 35.5. The quantitative estimate of drug-likeness (QED) is 0.606. The molecule has 2 aromatic carbocycles. The molecule has 1 fully saturated rings. The standard InChI is InChI=1S/C19H19ClFN3O4/c1-28-18-5-3-13(10-17(18)24(26)27)19(25)23-8-6-22(7-9-23)12-14-2-4-15(21)11-16(14)20/h2-5,10-11H,6-9,12H2,1H3/p+1. The summed E-state index contributed by atoms with van der Waals surface area (Å²) < 4.78 is 18.1. The topological polar surface area (TPSA) is 77.1 Å². The smallest absolute Gasteiger partial charge is 0.311 e. The normalized spacial score (nSPS) is 14.8. The Hall–Kier alpha value is -2.71. The molecule has 148 valence electrons. The van der Waals surface area contributed by atoms with Crippen molar-refractivity contribution in [3.05, 3.63) is 68.5 Å². The van der Waals surface area contributed by atoms with Gasteiger partial charge in [-0.25, -0.2) is 4.39 Å². The fourth-order valence-electron chi connectivity index (χ4n) is 3.29. The zero-order chi connectivity index (χ0) is 20.3. The third-order valence-corrected chi connectivity index (χ3v) is 5.19. The Balaban J connectivity index is 1.64. The minimum Gasteiger partial charge on any atom is -0.490 e. The Morgan fingerprint density at radius 2 is 2.00 bits per heavy atom. The number of carbonyl (C=O) groups excluding carboxylic acids is 1. The lowest BCUT2D eigenvalue weighted by molar-refractivity contribution is -0.917. The number of nitro groups is 1. The van der Waals surface area contributed by atoms with Crippen molar-refractivity contribution < 1.29 is 23.7 Å². The van der Waals surface area contributed by atoms with Crippen LogP contribution in [0, 0.1) is 15.9 Å². The van der Waals surface area contributed by atoms with Gasteiger partial charge in [0.15, 0.2) is 5.75 Å². The number of methoxy groups -OCH3 is 1. The van der Waals surface area contributed by atoms with Crippen molar-refractivity contribution in [3.63, 3.8) is 0 Å². The van der Waals surface area contributed by atoms with Gasteiger partial charge in [-0.05, 0) is 30.3 Å². The molecular weight excluding hydrogens is 389 g/mol. The first-order valence-electron chi connectivity index (χ1n) is 8.78. The Kier molecular flexibility index (Phi) is 6.11. The molecule has 1 heterocycles.